The van der Waals surface area contributed by atoms with Crippen molar-refractivity contribution >= 4 is 11.6 Å². The Hall–Kier alpha value is -1.75. The zero-order valence-electron chi connectivity index (χ0n) is 16.1. The molecule has 0 aliphatic heterocycles. The van der Waals surface area contributed by atoms with Crippen molar-refractivity contribution in [2.75, 3.05) is 33.1 Å². The molecule has 0 heterocycles. The van der Waals surface area contributed by atoms with E-state index in [9.17, 15) is 4.79 Å². The van der Waals surface area contributed by atoms with Crippen molar-refractivity contribution in [3.63, 3.8) is 0 Å². The number of methoxy groups -OCH3 is 2. The molecule has 4 bridgehead atoms. The van der Waals surface area contributed by atoms with Gasteiger partial charge in [-0.25, -0.2) is 0 Å². The maximum Gasteiger partial charge on any atom is 0.238 e. The first-order valence-electron chi connectivity index (χ1n) is 9.74. The molecule has 5 heteroatoms. The summed E-state index contributed by atoms with van der Waals surface area (Å²) in [4.78, 5) is 15.1. The van der Waals surface area contributed by atoms with E-state index in [1.165, 1.54) is 38.5 Å². The summed E-state index contributed by atoms with van der Waals surface area (Å²) in [5, 5.41) is 3.01. The topological polar surface area (TPSA) is 50.8 Å². The first kappa shape index (κ1) is 17.7. The van der Waals surface area contributed by atoms with Crippen LogP contribution < -0.4 is 14.8 Å². The quantitative estimate of drug-likeness (QED) is 0.845. The van der Waals surface area contributed by atoms with Crippen LogP contribution in [0.25, 0.3) is 0 Å². The van der Waals surface area contributed by atoms with Gasteiger partial charge in [-0.3, -0.25) is 9.69 Å². The van der Waals surface area contributed by atoms with E-state index in [-0.39, 0.29) is 11.4 Å². The van der Waals surface area contributed by atoms with E-state index in [2.05, 4.69) is 17.3 Å². The van der Waals surface area contributed by atoms with Crippen LogP contribution in [-0.4, -0.2) is 44.2 Å². The number of benzene rings is 1. The van der Waals surface area contributed by atoms with Crippen LogP contribution in [0.5, 0.6) is 11.5 Å². The van der Waals surface area contributed by atoms with E-state index in [0.717, 1.165) is 17.8 Å². The summed E-state index contributed by atoms with van der Waals surface area (Å²) >= 11 is 0. The largest absolute Gasteiger partial charge is 0.497 e. The molecule has 5 rings (SSSR count). The van der Waals surface area contributed by atoms with Crippen molar-refractivity contribution < 1.29 is 14.3 Å². The van der Waals surface area contributed by atoms with Gasteiger partial charge in [0.05, 0.1) is 26.5 Å². The number of nitrogens with one attached hydrogen (secondary N) is 1. The smallest absolute Gasteiger partial charge is 0.238 e. The zero-order valence-corrected chi connectivity index (χ0v) is 16.1. The third kappa shape index (κ3) is 3.18. The van der Waals surface area contributed by atoms with E-state index in [0.29, 0.717) is 23.7 Å². The van der Waals surface area contributed by atoms with Crippen LogP contribution in [-0.2, 0) is 4.79 Å². The number of anilines is 1. The number of hydrogen-bond acceptors (Lipinski definition) is 4. The van der Waals surface area contributed by atoms with Gasteiger partial charge in [0.25, 0.3) is 0 Å². The van der Waals surface area contributed by atoms with Gasteiger partial charge in [-0.1, -0.05) is 0 Å². The average molecular weight is 358 g/mol. The minimum absolute atomic E-state index is 0.00907. The number of likely N-dealkylation sites (N-methyl/N-ethyl adjacent to an activating group) is 1. The summed E-state index contributed by atoms with van der Waals surface area (Å²) in [5.41, 5.74) is 0.903. The van der Waals surface area contributed by atoms with Crippen LogP contribution in [0.1, 0.15) is 38.5 Å². The minimum atomic E-state index is 0.00907. The van der Waals surface area contributed by atoms with Crippen molar-refractivity contribution in [2.24, 2.45) is 17.8 Å². The van der Waals surface area contributed by atoms with Crippen molar-refractivity contribution in [1.29, 1.82) is 0 Å². The highest BCUT2D eigenvalue weighted by molar-refractivity contribution is 5.94. The van der Waals surface area contributed by atoms with E-state index in [4.69, 9.17) is 9.47 Å². The van der Waals surface area contributed by atoms with Gasteiger partial charge in [0, 0.05) is 11.6 Å². The maximum absolute atomic E-state index is 12.7. The highest BCUT2D eigenvalue weighted by Crippen LogP contribution is 2.57. The lowest BCUT2D eigenvalue weighted by atomic mass is 9.52. The second kappa shape index (κ2) is 6.76. The molecular weight excluding hydrogens is 328 g/mol. The molecule has 0 unspecified atom stereocenters. The molecule has 26 heavy (non-hydrogen) atoms. The lowest BCUT2D eigenvalue weighted by Crippen LogP contribution is -2.59. The molecule has 4 aliphatic rings. The van der Waals surface area contributed by atoms with Crippen molar-refractivity contribution in [1.82, 2.24) is 4.90 Å². The molecule has 1 amide bonds. The number of rotatable bonds is 6. The second-order valence-corrected chi connectivity index (χ2v) is 8.61. The first-order valence-corrected chi connectivity index (χ1v) is 9.74. The Morgan fingerprint density at radius 1 is 1.12 bits per heavy atom. The van der Waals surface area contributed by atoms with Crippen LogP contribution >= 0.6 is 0 Å². The molecule has 0 spiro atoms. The van der Waals surface area contributed by atoms with Gasteiger partial charge in [0.15, 0.2) is 0 Å². The summed E-state index contributed by atoms with van der Waals surface area (Å²) < 4.78 is 10.6. The summed E-state index contributed by atoms with van der Waals surface area (Å²) in [6, 6.07) is 5.45. The van der Waals surface area contributed by atoms with Gasteiger partial charge in [-0.2, -0.15) is 0 Å². The van der Waals surface area contributed by atoms with Gasteiger partial charge in [0.1, 0.15) is 11.5 Å². The van der Waals surface area contributed by atoms with Crippen molar-refractivity contribution in [3.8, 4) is 11.5 Å². The van der Waals surface area contributed by atoms with Crippen LogP contribution in [0.4, 0.5) is 5.69 Å². The summed E-state index contributed by atoms with van der Waals surface area (Å²) in [5.74, 6) is 4.00. The zero-order chi connectivity index (χ0) is 18.3. The highest BCUT2D eigenvalue weighted by atomic mass is 16.5. The predicted molar refractivity (Wildman–Crippen MR) is 102 cm³/mol. The third-order valence-corrected chi connectivity index (χ3v) is 6.88. The summed E-state index contributed by atoms with van der Waals surface area (Å²) in [7, 11) is 5.36. The molecule has 1 N–H and O–H groups in total. The maximum atomic E-state index is 12.7. The first-order chi connectivity index (χ1) is 12.5. The Morgan fingerprint density at radius 2 is 1.73 bits per heavy atom. The number of carbonyl (C=O) groups is 1. The average Bonchev–Trinajstić information content (AvgIpc) is 2.60. The molecule has 4 saturated carbocycles. The normalized spacial score (nSPS) is 31.9. The van der Waals surface area contributed by atoms with E-state index in [1.54, 1.807) is 20.3 Å². The fourth-order valence-electron chi connectivity index (χ4n) is 6.02. The van der Waals surface area contributed by atoms with Gasteiger partial charge in [-0.05, 0) is 75.5 Å². The number of amides is 1. The standard InChI is InChI=1S/C21H30N2O3/c1-23(21-10-14-6-15(11-21)8-16(7-14)12-21)13-20(24)22-18-9-17(25-2)4-5-19(18)26-3/h4-5,9,14-16H,6-8,10-13H2,1-3H3,(H,22,24). The molecule has 142 valence electrons. The number of nitrogens with zero attached hydrogens (tertiary/aromatic N) is 1. The van der Waals surface area contributed by atoms with Gasteiger partial charge in [0.2, 0.25) is 5.91 Å². The number of hydrogen-bond donors (Lipinski definition) is 1. The van der Waals surface area contributed by atoms with E-state index >= 15 is 0 Å². The Labute approximate surface area is 156 Å². The Kier molecular flexibility index (Phi) is 4.59. The Balaban J connectivity index is 1.44. The molecule has 0 aromatic heterocycles. The molecule has 4 fully saturated rings. The van der Waals surface area contributed by atoms with E-state index in [1.807, 2.05) is 12.1 Å². The van der Waals surface area contributed by atoms with Gasteiger partial charge >= 0.3 is 0 Å². The molecule has 0 atom stereocenters. The Morgan fingerprint density at radius 3 is 2.27 bits per heavy atom. The highest BCUT2D eigenvalue weighted by Gasteiger charge is 2.52. The number of ether oxygens (including phenoxy) is 2. The SMILES string of the molecule is COc1ccc(OC)c(NC(=O)CN(C)C23CC4CC(CC(C4)C2)C3)c1. The van der Waals surface area contributed by atoms with Crippen LogP contribution in [0.3, 0.4) is 0 Å². The van der Waals surface area contributed by atoms with Crippen molar-refractivity contribution in [2.45, 2.75) is 44.1 Å². The predicted octanol–water partition coefficient (Wildman–Crippen LogP) is 3.54. The molecular formula is C21H30N2O3. The molecule has 0 saturated heterocycles. The summed E-state index contributed by atoms with van der Waals surface area (Å²) in [6.45, 7) is 0.423. The fraction of sp³-hybridized carbons (Fsp3) is 0.667. The van der Waals surface area contributed by atoms with Crippen LogP contribution in [0.15, 0.2) is 18.2 Å². The monoisotopic (exact) mass is 358 g/mol. The van der Waals surface area contributed by atoms with E-state index < -0.39 is 0 Å². The lowest BCUT2D eigenvalue weighted by Gasteiger charge is -2.59. The number of carbonyl (C=O) groups excluding carboxylic acids is 1. The molecule has 4 aliphatic carbocycles. The van der Waals surface area contributed by atoms with Crippen LogP contribution in [0.2, 0.25) is 0 Å². The van der Waals surface area contributed by atoms with Crippen molar-refractivity contribution in [3.05, 3.63) is 18.2 Å². The van der Waals surface area contributed by atoms with Crippen LogP contribution in [0, 0.1) is 17.8 Å². The minimum Gasteiger partial charge on any atom is -0.497 e. The Bertz CT molecular complexity index is 653. The fourth-order valence-corrected chi connectivity index (χ4v) is 6.02. The van der Waals surface area contributed by atoms with Gasteiger partial charge in [-0.15, -0.1) is 0 Å². The second-order valence-electron chi connectivity index (χ2n) is 8.61. The summed E-state index contributed by atoms with van der Waals surface area (Å²) in [6.07, 6.45) is 8.06. The molecule has 1 aromatic rings. The van der Waals surface area contributed by atoms with Gasteiger partial charge < -0.3 is 14.8 Å². The molecule has 5 nitrogen and oxygen atoms in total. The lowest BCUT2D eigenvalue weighted by molar-refractivity contribution is -0.123. The molecule has 0 radical (unpaired) electrons. The molecule has 1 aromatic carbocycles. The third-order valence-electron chi connectivity index (χ3n) is 6.88.